The number of esters is 1. The Bertz CT molecular complexity index is 423. The second-order valence-electron chi connectivity index (χ2n) is 6.29. The number of ether oxygens (including phenoxy) is 2. The molecule has 1 aliphatic heterocycles. The molecule has 22 heavy (non-hydrogen) atoms. The van der Waals surface area contributed by atoms with Crippen molar-refractivity contribution in [1.82, 2.24) is 4.90 Å². The molecule has 0 spiro atoms. The van der Waals surface area contributed by atoms with Gasteiger partial charge in [-0.15, -0.1) is 0 Å². The van der Waals surface area contributed by atoms with Gasteiger partial charge in [0, 0.05) is 6.04 Å². The number of hydrogen-bond acceptors (Lipinski definition) is 4. The third-order valence-corrected chi connectivity index (χ3v) is 4.79. The second-order valence-corrected chi connectivity index (χ2v) is 6.29. The lowest BCUT2D eigenvalue weighted by Crippen LogP contribution is -2.47. The summed E-state index contributed by atoms with van der Waals surface area (Å²) >= 11 is 0. The van der Waals surface area contributed by atoms with Crippen molar-refractivity contribution in [2.75, 3.05) is 6.61 Å². The van der Waals surface area contributed by atoms with Crippen molar-refractivity contribution in [2.45, 2.75) is 70.6 Å². The van der Waals surface area contributed by atoms with Crippen LogP contribution in [0.25, 0.3) is 0 Å². The molecular formula is C17H27NO4. The van der Waals surface area contributed by atoms with Gasteiger partial charge in [-0.1, -0.05) is 32.4 Å². The van der Waals surface area contributed by atoms with Gasteiger partial charge in [0.1, 0.15) is 12.6 Å². The van der Waals surface area contributed by atoms with Crippen LogP contribution in [0.2, 0.25) is 0 Å². The average molecular weight is 309 g/mol. The van der Waals surface area contributed by atoms with Crippen LogP contribution in [0.3, 0.4) is 0 Å². The number of fused-ring (bicyclic) bond motifs is 1. The third-order valence-electron chi connectivity index (χ3n) is 4.79. The minimum absolute atomic E-state index is 0.112. The van der Waals surface area contributed by atoms with Crippen LogP contribution in [0.1, 0.15) is 52.4 Å². The first kappa shape index (κ1) is 16.8. The number of carbonyl (C=O) groups excluding carboxylic acids is 2. The van der Waals surface area contributed by atoms with Crippen LogP contribution in [-0.4, -0.2) is 41.8 Å². The molecule has 1 saturated heterocycles. The smallest absolute Gasteiger partial charge is 0.411 e. The van der Waals surface area contributed by atoms with Crippen LogP contribution in [0.15, 0.2) is 12.7 Å². The average Bonchev–Trinajstić information content (AvgIpc) is 2.92. The lowest BCUT2D eigenvalue weighted by molar-refractivity contribution is -0.153. The van der Waals surface area contributed by atoms with E-state index in [4.69, 9.17) is 9.47 Å². The van der Waals surface area contributed by atoms with Crippen molar-refractivity contribution < 1.29 is 19.1 Å². The van der Waals surface area contributed by atoms with Crippen molar-refractivity contribution in [3.05, 3.63) is 12.7 Å². The fraction of sp³-hybridized carbons (Fsp3) is 0.765. The van der Waals surface area contributed by atoms with Crippen LogP contribution in [0.5, 0.6) is 0 Å². The molecule has 1 saturated carbocycles. The zero-order valence-electron chi connectivity index (χ0n) is 13.6. The summed E-state index contributed by atoms with van der Waals surface area (Å²) in [6.45, 7) is 7.57. The molecule has 0 aromatic carbocycles. The molecular weight excluding hydrogens is 282 g/mol. The minimum atomic E-state index is -0.501. The van der Waals surface area contributed by atoms with E-state index in [1.165, 1.54) is 6.42 Å². The van der Waals surface area contributed by atoms with Gasteiger partial charge >= 0.3 is 12.1 Å². The Morgan fingerprint density at radius 3 is 2.77 bits per heavy atom. The van der Waals surface area contributed by atoms with Crippen LogP contribution in [0.4, 0.5) is 4.79 Å². The first-order valence-corrected chi connectivity index (χ1v) is 8.35. The van der Waals surface area contributed by atoms with Crippen molar-refractivity contribution in [3.8, 4) is 0 Å². The summed E-state index contributed by atoms with van der Waals surface area (Å²) in [6, 6.07) is -0.389. The Hall–Kier alpha value is -1.52. The first-order chi connectivity index (χ1) is 10.6. The molecule has 0 aromatic heterocycles. The summed E-state index contributed by atoms with van der Waals surface area (Å²) in [5.74, 6) is 0.0961. The summed E-state index contributed by atoms with van der Waals surface area (Å²) in [7, 11) is 0. The highest BCUT2D eigenvalue weighted by atomic mass is 16.6. The van der Waals surface area contributed by atoms with Crippen molar-refractivity contribution in [2.24, 2.45) is 5.92 Å². The molecule has 5 heteroatoms. The molecule has 4 unspecified atom stereocenters. The number of amides is 1. The van der Waals surface area contributed by atoms with Gasteiger partial charge < -0.3 is 9.47 Å². The van der Waals surface area contributed by atoms with E-state index in [-0.39, 0.29) is 24.7 Å². The number of nitrogens with zero attached hydrogens (tertiary/aromatic N) is 1. The normalized spacial score (nSPS) is 28.6. The SMILES string of the molecule is C=CCOC(=O)N1C(C(=O)OC(C)CC)CC2CCCCC21. The quantitative estimate of drug-likeness (QED) is 0.577. The zero-order valence-corrected chi connectivity index (χ0v) is 13.6. The first-order valence-electron chi connectivity index (χ1n) is 8.35. The predicted molar refractivity (Wildman–Crippen MR) is 83.4 cm³/mol. The molecule has 1 heterocycles. The fourth-order valence-electron chi connectivity index (χ4n) is 3.50. The van der Waals surface area contributed by atoms with Gasteiger partial charge in [0.15, 0.2) is 0 Å². The molecule has 0 aromatic rings. The van der Waals surface area contributed by atoms with E-state index in [0.717, 1.165) is 25.7 Å². The molecule has 2 rings (SSSR count). The summed E-state index contributed by atoms with van der Waals surface area (Å²) in [4.78, 5) is 26.5. The van der Waals surface area contributed by atoms with Crippen molar-refractivity contribution in [3.63, 3.8) is 0 Å². The Kier molecular flexibility index (Phi) is 5.86. The predicted octanol–water partition coefficient (Wildman–Crippen LogP) is 3.28. The summed E-state index contributed by atoms with van der Waals surface area (Å²) in [6.07, 6.45) is 6.75. The van der Waals surface area contributed by atoms with Gasteiger partial charge in [-0.2, -0.15) is 0 Å². The van der Waals surface area contributed by atoms with Gasteiger partial charge in [0.25, 0.3) is 0 Å². The lowest BCUT2D eigenvalue weighted by Gasteiger charge is -2.32. The molecule has 0 bridgehead atoms. The molecule has 2 aliphatic rings. The number of hydrogen-bond donors (Lipinski definition) is 0. The van der Waals surface area contributed by atoms with E-state index in [2.05, 4.69) is 6.58 Å². The molecule has 0 N–H and O–H groups in total. The van der Waals surface area contributed by atoms with E-state index >= 15 is 0 Å². The lowest BCUT2D eigenvalue weighted by atomic mass is 9.85. The molecule has 1 amide bonds. The zero-order chi connectivity index (χ0) is 16.1. The largest absolute Gasteiger partial charge is 0.461 e. The summed E-state index contributed by atoms with van der Waals surface area (Å²) < 4.78 is 10.7. The van der Waals surface area contributed by atoms with Crippen LogP contribution >= 0.6 is 0 Å². The second kappa shape index (κ2) is 7.65. The molecule has 2 fully saturated rings. The maximum Gasteiger partial charge on any atom is 0.411 e. The number of carbonyl (C=O) groups is 2. The molecule has 4 atom stereocenters. The van der Waals surface area contributed by atoms with E-state index in [0.29, 0.717) is 12.3 Å². The van der Waals surface area contributed by atoms with Gasteiger partial charge in [0.2, 0.25) is 0 Å². The fourth-order valence-corrected chi connectivity index (χ4v) is 3.50. The van der Waals surface area contributed by atoms with Crippen molar-refractivity contribution >= 4 is 12.1 Å². The summed E-state index contributed by atoms with van der Waals surface area (Å²) in [5.41, 5.74) is 0. The molecule has 5 nitrogen and oxygen atoms in total. The van der Waals surface area contributed by atoms with Crippen molar-refractivity contribution in [1.29, 1.82) is 0 Å². The van der Waals surface area contributed by atoms with Crippen LogP contribution < -0.4 is 0 Å². The Labute approximate surface area is 132 Å². The number of rotatable bonds is 5. The van der Waals surface area contributed by atoms with E-state index in [1.807, 2.05) is 13.8 Å². The third kappa shape index (κ3) is 3.62. The van der Waals surface area contributed by atoms with Crippen LogP contribution in [-0.2, 0) is 14.3 Å². The monoisotopic (exact) mass is 309 g/mol. The van der Waals surface area contributed by atoms with Gasteiger partial charge in [-0.05, 0) is 38.5 Å². The minimum Gasteiger partial charge on any atom is -0.461 e. The van der Waals surface area contributed by atoms with E-state index in [1.54, 1.807) is 11.0 Å². The highest BCUT2D eigenvalue weighted by molar-refractivity contribution is 5.82. The number of likely N-dealkylation sites (tertiary alicyclic amines) is 1. The van der Waals surface area contributed by atoms with Gasteiger partial charge in [-0.3, -0.25) is 4.90 Å². The standard InChI is InChI=1S/C17H27NO4/c1-4-10-21-17(20)18-14-9-7-6-8-13(14)11-15(18)16(19)22-12(3)5-2/h4,12-15H,1,5-11H2,2-3H3. The van der Waals surface area contributed by atoms with Gasteiger partial charge in [-0.25, -0.2) is 9.59 Å². The Morgan fingerprint density at radius 2 is 2.09 bits per heavy atom. The van der Waals surface area contributed by atoms with Gasteiger partial charge in [0.05, 0.1) is 6.10 Å². The highest BCUT2D eigenvalue weighted by Gasteiger charge is 2.49. The molecule has 124 valence electrons. The maximum atomic E-state index is 12.5. The summed E-state index contributed by atoms with van der Waals surface area (Å²) in [5, 5.41) is 0. The molecule has 1 aliphatic carbocycles. The maximum absolute atomic E-state index is 12.5. The Morgan fingerprint density at radius 1 is 1.36 bits per heavy atom. The topological polar surface area (TPSA) is 55.8 Å². The molecule has 0 radical (unpaired) electrons. The highest BCUT2D eigenvalue weighted by Crippen LogP contribution is 2.40. The Balaban J connectivity index is 2.12. The van der Waals surface area contributed by atoms with Crippen LogP contribution in [0, 0.1) is 5.92 Å². The van der Waals surface area contributed by atoms with E-state index < -0.39 is 12.1 Å². The van der Waals surface area contributed by atoms with E-state index in [9.17, 15) is 9.59 Å².